The molecule has 1 unspecified atom stereocenters. The van der Waals surface area contributed by atoms with Crippen LogP contribution in [-0.4, -0.2) is 37.4 Å². The van der Waals surface area contributed by atoms with Gasteiger partial charge in [-0.05, 0) is 18.8 Å². The van der Waals surface area contributed by atoms with Gasteiger partial charge in [-0.2, -0.15) is 0 Å². The highest BCUT2D eigenvalue weighted by molar-refractivity contribution is 7.53. The first-order chi connectivity index (χ1) is 8.09. The van der Waals surface area contributed by atoms with Gasteiger partial charge in [-0.25, -0.2) is 0 Å². The molecule has 0 saturated heterocycles. The van der Waals surface area contributed by atoms with Crippen molar-refractivity contribution in [3.05, 3.63) is 0 Å². The maximum absolute atomic E-state index is 11.3. The van der Waals surface area contributed by atoms with E-state index in [-0.39, 0.29) is 5.92 Å². The molecule has 0 aromatic carbocycles. The zero-order valence-electron chi connectivity index (χ0n) is 9.60. The van der Waals surface area contributed by atoms with Gasteiger partial charge >= 0.3 is 15.2 Å². The number of carbonyl (C=O) groups is 1. The average Bonchev–Trinajstić information content (AvgIpc) is 2.61. The van der Waals surface area contributed by atoms with Crippen molar-refractivity contribution in [2.24, 2.45) is 5.92 Å². The first kappa shape index (κ1) is 15.8. The van der Waals surface area contributed by atoms with E-state index in [1.807, 2.05) is 0 Å². The minimum Gasteiger partial charge on any atom is -0.341 e. The molecular formula is C8H17NO7P2. The second-order valence-electron chi connectivity index (χ2n) is 4.47. The lowest BCUT2D eigenvalue weighted by Gasteiger charge is -2.25. The zero-order chi connectivity index (χ0) is 14.0. The van der Waals surface area contributed by atoms with Crippen LogP contribution in [0, 0.1) is 5.92 Å². The fourth-order valence-corrected chi connectivity index (χ4v) is 3.77. The summed E-state index contributed by atoms with van der Waals surface area (Å²) in [6.45, 7) is 0. The summed E-state index contributed by atoms with van der Waals surface area (Å²) in [5.74, 6) is -2.73. The third-order valence-corrected chi connectivity index (χ3v) is 4.84. The summed E-state index contributed by atoms with van der Waals surface area (Å²) in [6.07, 6.45) is 1.78. The van der Waals surface area contributed by atoms with E-state index in [1.54, 1.807) is 0 Å². The minimum atomic E-state index is -4.53. The normalized spacial score (nSPS) is 19.8. The maximum Gasteiger partial charge on any atom is 0.347 e. The molecule has 8 nitrogen and oxygen atoms in total. The number of hydrogen-bond acceptors (Lipinski definition) is 3. The molecule has 0 spiro atoms. The van der Waals surface area contributed by atoms with Crippen LogP contribution < -0.4 is 5.32 Å². The Balaban J connectivity index is 2.70. The molecular weight excluding hydrogens is 284 g/mol. The van der Waals surface area contributed by atoms with Gasteiger partial charge in [0.05, 0.1) is 0 Å². The van der Waals surface area contributed by atoms with Gasteiger partial charge in [0.15, 0.2) is 0 Å². The molecule has 1 rings (SSSR count). The summed E-state index contributed by atoms with van der Waals surface area (Å²) >= 11 is 0. The molecule has 0 heterocycles. The number of amides is 1. The summed E-state index contributed by atoms with van der Waals surface area (Å²) in [7, 11) is -9.06. The fourth-order valence-electron chi connectivity index (χ4n) is 2.15. The molecule has 1 aliphatic carbocycles. The fraction of sp³-hybridized carbons (Fsp3) is 0.875. The molecule has 0 aromatic rings. The van der Waals surface area contributed by atoms with Crippen LogP contribution in [0.15, 0.2) is 0 Å². The Bertz CT molecular complexity index is 394. The maximum atomic E-state index is 11.3. The van der Waals surface area contributed by atoms with Crippen LogP contribution in [0.1, 0.15) is 25.7 Å². The second kappa shape index (κ2) is 5.82. The average molecular weight is 301 g/mol. The van der Waals surface area contributed by atoms with Crippen molar-refractivity contribution in [3.63, 3.8) is 0 Å². The van der Waals surface area contributed by atoms with Crippen molar-refractivity contribution < 1.29 is 33.5 Å². The lowest BCUT2D eigenvalue weighted by molar-refractivity contribution is -0.119. The predicted octanol–water partition coefficient (Wildman–Crippen LogP) is -0.0257. The Morgan fingerprint density at radius 1 is 1.17 bits per heavy atom. The highest BCUT2D eigenvalue weighted by atomic mass is 31.2. The largest absolute Gasteiger partial charge is 0.347 e. The number of nitrogens with one attached hydrogen (secondary N) is 1. The van der Waals surface area contributed by atoms with E-state index in [2.05, 4.69) is 5.32 Å². The van der Waals surface area contributed by atoms with Crippen molar-refractivity contribution in [1.82, 2.24) is 5.32 Å². The summed E-state index contributed by atoms with van der Waals surface area (Å²) in [6, 6.07) is 0. The van der Waals surface area contributed by atoms with Gasteiger partial charge < -0.3 is 24.9 Å². The molecule has 5 N–H and O–H groups in total. The Morgan fingerprint density at radius 3 is 2.06 bits per heavy atom. The van der Waals surface area contributed by atoms with Gasteiger partial charge in [-0.3, -0.25) is 13.9 Å². The molecule has 1 amide bonds. The van der Waals surface area contributed by atoms with E-state index in [9.17, 15) is 23.7 Å². The predicted molar refractivity (Wildman–Crippen MR) is 62.8 cm³/mol. The van der Waals surface area contributed by atoms with Crippen molar-refractivity contribution >= 4 is 21.1 Å². The van der Waals surface area contributed by atoms with Crippen molar-refractivity contribution in [2.75, 3.05) is 6.16 Å². The topological polar surface area (TPSA) is 144 Å². The molecule has 106 valence electrons. The molecule has 1 aliphatic rings. The Hall–Kier alpha value is -0.230. The third kappa shape index (κ3) is 5.18. The summed E-state index contributed by atoms with van der Waals surface area (Å²) in [5, 5.41) is 2.06. The standard InChI is InChI=1S/C8H17NO7P2/c10-7(5-17(11,12)13)9-8(18(14,15)16)6-3-1-2-4-6/h6,8H,1-5H2,(H,9,10)(H2,11,12,13)(H2,14,15,16). The quantitative estimate of drug-likeness (QED) is 0.448. The smallest absolute Gasteiger partial charge is 0.341 e. The number of carbonyl (C=O) groups excluding carboxylic acids is 1. The Labute approximate surface area is 104 Å². The molecule has 0 bridgehead atoms. The first-order valence-corrected chi connectivity index (χ1v) is 8.96. The molecule has 0 aliphatic heterocycles. The zero-order valence-corrected chi connectivity index (χ0v) is 11.4. The monoisotopic (exact) mass is 301 g/mol. The van der Waals surface area contributed by atoms with Gasteiger partial charge in [-0.15, -0.1) is 0 Å². The summed E-state index contributed by atoms with van der Waals surface area (Å²) in [4.78, 5) is 47.0. The molecule has 1 saturated carbocycles. The van der Waals surface area contributed by atoms with E-state index in [1.165, 1.54) is 0 Å². The Morgan fingerprint density at radius 2 is 1.67 bits per heavy atom. The molecule has 1 fully saturated rings. The summed E-state index contributed by atoms with van der Waals surface area (Å²) < 4.78 is 21.9. The first-order valence-electron chi connectivity index (χ1n) is 5.49. The van der Waals surface area contributed by atoms with E-state index in [4.69, 9.17) is 9.79 Å². The molecule has 18 heavy (non-hydrogen) atoms. The van der Waals surface area contributed by atoms with Gasteiger partial charge in [0, 0.05) is 0 Å². The van der Waals surface area contributed by atoms with Crippen LogP contribution in [0.2, 0.25) is 0 Å². The van der Waals surface area contributed by atoms with E-state index in [0.29, 0.717) is 12.8 Å². The minimum absolute atomic E-state index is 0.341. The van der Waals surface area contributed by atoms with Gasteiger partial charge in [0.1, 0.15) is 11.9 Å². The number of hydrogen-bond donors (Lipinski definition) is 5. The number of rotatable bonds is 5. The molecule has 0 radical (unpaired) electrons. The summed E-state index contributed by atoms with van der Waals surface area (Å²) in [5.41, 5.74) is 0. The third-order valence-electron chi connectivity index (χ3n) is 2.87. The van der Waals surface area contributed by atoms with E-state index >= 15 is 0 Å². The SMILES string of the molecule is O=C(CP(=O)(O)O)NC(C1CCCC1)P(=O)(O)O. The van der Waals surface area contributed by atoms with Crippen LogP contribution >= 0.6 is 15.2 Å². The van der Waals surface area contributed by atoms with E-state index in [0.717, 1.165) is 12.8 Å². The van der Waals surface area contributed by atoms with E-state index < -0.39 is 33.0 Å². The van der Waals surface area contributed by atoms with Gasteiger partial charge in [-0.1, -0.05) is 12.8 Å². The van der Waals surface area contributed by atoms with Crippen LogP contribution in [0.3, 0.4) is 0 Å². The molecule has 1 atom stereocenters. The van der Waals surface area contributed by atoms with Gasteiger partial charge in [0.2, 0.25) is 5.91 Å². The lowest BCUT2D eigenvalue weighted by Crippen LogP contribution is -2.40. The van der Waals surface area contributed by atoms with Crippen LogP contribution in [0.4, 0.5) is 0 Å². The van der Waals surface area contributed by atoms with Gasteiger partial charge in [0.25, 0.3) is 0 Å². The molecule has 10 heteroatoms. The van der Waals surface area contributed by atoms with Crippen LogP contribution in [0.5, 0.6) is 0 Å². The van der Waals surface area contributed by atoms with Crippen LogP contribution in [0.25, 0.3) is 0 Å². The lowest BCUT2D eigenvalue weighted by atomic mass is 10.1. The highest BCUT2D eigenvalue weighted by Crippen LogP contribution is 2.48. The Kier molecular flexibility index (Phi) is 5.12. The van der Waals surface area contributed by atoms with Crippen molar-refractivity contribution in [2.45, 2.75) is 31.5 Å². The second-order valence-corrected chi connectivity index (χ2v) is 7.85. The molecule has 0 aromatic heterocycles. The highest BCUT2D eigenvalue weighted by Gasteiger charge is 2.39. The van der Waals surface area contributed by atoms with Crippen molar-refractivity contribution in [3.8, 4) is 0 Å². The van der Waals surface area contributed by atoms with Crippen LogP contribution in [-0.2, 0) is 13.9 Å². The van der Waals surface area contributed by atoms with Crippen molar-refractivity contribution in [1.29, 1.82) is 0 Å².